The molecule has 2 heterocycles. The van der Waals surface area contributed by atoms with Gasteiger partial charge < -0.3 is 10.0 Å². The molecule has 1 aliphatic heterocycles. The van der Waals surface area contributed by atoms with Gasteiger partial charge in [0, 0.05) is 24.0 Å². The second-order valence-electron chi connectivity index (χ2n) is 4.53. The Balaban J connectivity index is 2.23. The van der Waals surface area contributed by atoms with Crippen molar-refractivity contribution in [1.82, 2.24) is 9.88 Å². The fourth-order valence-electron chi connectivity index (χ4n) is 2.28. The number of hydrogen-bond donors (Lipinski definition) is 1. The van der Waals surface area contributed by atoms with Gasteiger partial charge in [-0.05, 0) is 38.3 Å². The summed E-state index contributed by atoms with van der Waals surface area (Å²) in [5, 5.41) is 9.15. The molecule has 0 spiro atoms. The number of amides is 1. The highest BCUT2D eigenvalue weighted by atomic mass is 16.4. The lowest BCUT2D eigenvalue weighted by Crippen LogP contribution is -2.48. The smallest absolute Gasteiger partial charge is 0.326 e. The molecule has 5 nitrogen and oxygen atoms in total. The average Bonchev–Trinajstić information content (AvgIpc) is 2.38. The lowest BCUT2D eigenvalue weighted by Gasteiger charge is -2.33. The minimum atomic E-state index is -0.922. The van der Waals surface area contributed by atoms with Crippen molar-refractivity contribution in [2.45, 2.75) is 32.2 Å². The molecule has 1 aromatic heterocycles. The normalized spacial score (nSPS) is 19.6. The summed E-state index contributed by atoms with van der Waals surface area (Å²) in [6.07, 6.45) is 3.82. The van der Waals surface area contributed by atoms with Crippen molar-refractivity contribution in [3.63, 3.8) is 0 Å². The fraction of sp³-hybridized carbons (Fsp3) is 0.462. The van der Waals surface area contributed by atoms with Gasteiger partial charge in [0.1, 0.15) is 6.04 Å². The van der Waals surface area contributed by atoms with Crippen LogP contribution in [0, 0.1) is 6.92 Å². The van der Waals surface area contributed by atoms with E-state index in [2.05, 4.69) is 4.98 Å². The third-order valence-corrected chi connectivity index (χ3v) is 3.19. The van der Waals surface area contributed by atoms with E-state index in [-0.39, 0.29) is 5.91 Å². The molecule has 1 atom stereocenters. The maximum absolute atomic E-state index is 12.3. The summed E-state index contributed by atoms with van der Waals surface area (Å²) in [7, 11) is 0. The molecule has 5 heteroatoms. The molecule has 0 aliphatic carbocycles. The number of hydrogen-bond acceptors (Lipinski definition) is 3. The first kappa shape index (κ1) is 12.5. The zero-order valence-corrected chi connectivity index (χ0v) is 10.3. The number of rotatable bonds is 2. The summed E-state index contributed by atoms with van der Waals surface area (Å²) in [5.74, 6) is -1.14. The predicted octanol–water partition coefficient (Wildman–Crippen LogP) is 1.47. The van der Waals surface area contributed by atoms with Crippen LogP contribution in [0.3, 0.4) is 0 Å². The number of carboxylic acids is 1. The van der Waals surface area contributed by atoms with Gasteiger partial charge in [-0.3, -0.25) is 9.78 Å². The van der Waals surface area contributed by atoms with Crippen molar-refractivity contribution in [2.24, 2.45) is 0 Å². The highest BCUT2D eigenvalue weighted by Crippen LogP contribution is 2.20. The van der Waals surface area contributed by atoms with Crippen LogP contribution in [0.15, 0.2) is 18.3 Å². The number of piperidine rings is 1. The van der Waals surface area contributed by atoms with Crippen LogP contribution in [0.5, 0.6) is 0 Å². The van der Waals surface area contributed by atoms with E-state index in [0.29, 0.717) is 18.5 Å². The molecule has 2 rings (SSSR count). The molecule has 1 N–H and O–H groups in total. The van der Waals surface area contributed by atoms with Crippen molar-refractivity contribution < 1.29 is 14.7 Å². The number of pyridine rings is 1. The molecule has 0 saturated carbocycles. The number of aromatic nitrogens is 1. The van der Waals surface area contributed by atoms with Gasteiger partial charge >= 0.3 is 5.97 Å². The summed E-state index contributed by atoms with van der Waals surface area (Å²) >= 11 is 0. The maximum atomic E-state index is 12.3. The van der Waals surface area contributed by atoms with Gasteiger partial charge in [-0.15, -0.1) is 0 Å². The van der Waals surface area contributed by atoms with Crippen molar-refractivity contribution in [2.75, 3.05) is 6.54 Å². The first-order chi connectivity index (χ1) is 8.59. The van der Waals surface area contributed by atoms with Gasteiger partial charge in [0.2, 0.25) is 0 Å². The van der Waals surface area contributed by atoms with E-state index in [1.807, 2.05) is 6.92 Å². The molecule has 0 aromatic carbocycles. The first-order valence-corrected chi connectivity index (χ1v) is 6.06. The van der Waals surface area contributed by atoms with Crippen molar-refractivity contribution >= 4 is 11.9 Å². The molecule has 1 saturated heterocycles. The molecule has 0 bridgehead atoms. The van der Waals surface area contributed by atoms with Crippen LogP contribution in [0.1, 0.15) is 35.3 Å². The van der Waals surface area contributed by atoms with E-state index >= 15 is 0 Å². The molecule has 1 amide bonds. The number of carboxylic acid groups (broad SMARTS) is 1. The third kappa shape index (κ3) is 2.50. The molecule has 96 valence electrons. The van der Waals surface area contributed by atoms with E-state index in [1.165, 1.54) is 4.90 Å². The molecule has 1 aromatic rings. The second-order valence-corrected chi connectivity index (χ2v) is 4.53. The van der Waals surface area contributed by atoms with Crippen LogP contribution in [-0.2, 0) is 4.79 Å². The first-order valence-electron chi connectivity index (χ1n) is 6.06. The minimum Gasteiger partial charge on any atom is -0.480 e. The summed E-state index contributed by atoms with van der Waals surface area (Å²) in [5.41, 5.74) is 1.26. The van der Waals surface area contributed by atoms with Crippen LogP contribution in [-0.4, -0.2) is 39.5 Å². The second kappa shape index (κ2) is 5.16. The molecular formula is C13H16N2O3. The van der Waals surface area contributed by atoms with Crippen LogP contribution in [0.4, 0.5) is 0 Å². The van der Waals surface area contributed by atoms with Gasteiger partial charge in [0.15, 0.2) is 0 Å². The lowest BCUT2D eigenvalue weighted by molar-refractivity contribution is -0.143. The SMILES string of the molecule is Cc1cc(C(=O)N2CCCC[C@H]2C(=O)O)ccn1. The highest BCUT2D eigenvalue weighted by Gasteiger charge is 2.32. The molecular weight excluding hydrogens is 232 g/mol. The van der Waals surface area contributed by atoms with Crippen molar-refractivity contribution in [3.8, 4) is 0 Å². The minimum absolute atomic E-state index is 0.215. The van der Waals surface area contributed by atoms with Gasteiger partial charge in [-0.2, -0.15) is 0 Å². The van der Waals surface area contributed by atoms with Gasteiger partial charge in [-0.1, -0.05) is 0 Å². The van der Waals surface area contributed by atoms with Crippen molar-refractivity contribution in [3.05, 3.63) is 29.6 Å². The summed E-state index contributed by atoms with van der Waals surface area (Å²) in [4.78, 5) is 29.0. The molecule has 0 unspecified atom stereocenters. The average molecular weight is 248 g/mol. The maximum Gasteiger partial charge on any atom is 0.326 e. The van der Waals surface area contributed by atoms with E-state index in [1.54, 1.807) is 18.3 Å². The predicted molar refractivity (Wildman–Crippen MR) is 65.3 cm³/mol. The molecule has 0 radical (unpaired) electrons. The third-order valence-electron chi connectivity index (χ3n) is 3.19. The fourth-order valence-corrected chi connectivity index (χ4v) is 2.28. The molecule has 1 fully saturated rings. The number of aliphatic carboxylic acids is 1. The summed E-state index contributed by atoms with van der Waals surface area (Å²) in [6.45, 7) is 2.32. The molecule has 18 heavy (non-hydrogen) atoms. The number of aryl methyl sites for hydroxylation is 1. The Morgan fingerprint density at radius 2 is 2.22 bits per heavy atom. The lowest BCUT2D eigenvalue weighted by atomic mass is 10.0. The van der Waals surface area contributed by atoms with E-state index in [9.17, 15) is 9.59 Å². The number of likely N-dealkylation sites (tertiary alicyclic amines) is 1. The van der Waals surface area contributed by atoms with Crippen LogP contribution < -0.4 is 0 Å². The Labute approximate surface area is 105 Å². The van der Waals surface area contributed by atoms with E-state index < -0.39 is 12.0 Å². The van der Waals surface area contributed by atoms with Crippen LogP contribution >= 0.6 is 0 Å². The topological polar surface area (TPSA) is 70.5 Å². The van der Waals surface area contributed by atoms with Gasteiger partial charge in [0.05, 0.1) is 0 Å². The van der Waals surface area contributed by atoms with Gasteiger partial charge in [-0.25, -0.2) is 4.79 Å². The number of carbonyl (C=O) groups is 2. The molecule has 1 aliphatic rings. The Bertz CT molecular complexity index is 473. The highest BCUT2D eigenvalue weighted by molar-refractivity contribution is 5.96. The van der Waals surface area contributed by atoms with Crippen LogP contribution in [0.25, 0.3) is 0 Å². The van der Waals surface area contributed by atoms with E-state index in [0.717, 1.165) is 18.5 Å². The Hall–Kier alpha value is -1.91. The zero-order chi connectivity index (χ0) is 13.1. The van der Waals surface area contributed by atoms with E-state index in [4.69, 9.17) is 5.11 Å². The van der Waals surface area contributed by atoms with Crippen molar-refractivity contribution in [1.29, 1.82) is 0 Å². The Kier molecular flexibility index (Phi) is 3.60. The standard InChI is InChI=1S/C13H16N2O3/c1-9-8-10(5-6-14-9)12(16)15-7-3-2-4-11(15)13(17)18/h5-6,8,11H,2-4,7H2,1H3,(H,17,18)/t11-/m0/s1. The monoisotopic (exact) mass is 248 g/mol. The van der Waals surface area contributed by atoms with Crippen LogP contribution in [0.2, 0.25) is 0 Å². The quantitative estimate of drug-likeness (QED) is 0.860. The zero-order valence-electron chi connectivity index (χ0n) is 10.3. The number of carbonyl (C=O) groups excluding carboxylic acids is 1. The number of nitrogens with zero attached hydrogens (tertiary/aromatic N) is 2. The summed E-state index contributed by atoms with van der Waals surface area (Å²) in [6, 6.07) is 2.62. The largest absolute Gasteiger partial charge is 0.480 e. The Morgan fingerprint density at radius 1 is 1.44 bits per heavy atom. The Morgan fingerprint density at radius 3 is 2.89 bits per heavy atom. The summed E-state index contributed by atoms with van der Waals surface area (Å²) < 4.78 is 0. The van der Waals surface area contributed by atoms with Gasteiger partial charge in [0.25, 0.3) is 5.91 Å².